The van der Waals surface area contributed by atoms with Gasteiger partial charge >= 0.3 is 0 Å². The molecule has 0 fully saturated rings. The van der Waals surface area contributed by atoms with E-state index in [1.165, 1.54) is 30.8 Å². The van der Waals surface area contributed by atoms with Crippen molar-refractivity contribution in [1.29, 1.82) is 0 Å². The molecule has 1 radical (unpaired) electrons. The van der Waals surface area contributed by atoms with Crippen LogP contribution in [0.1, 0.15) is 0 Å². The van der Waals surface area contributed by atoms with E-state index in [1.807, 2.05) is 72.8 Å². The van der Waals surface area contributed by atoms with Crippen LogP contribution < -0.4 is 0 Å². The number of nitrogens with zero attached hydrogens (tertiary/aromatic N) is 3. The third-order valence-corrected chi connectivity index (χ3v) is 10.2. The van der Waals surface area contributed by atoms with Crippen molar-refractivity contribution in [3.05, 3.63) is 164 Å². The molecule has 0 unspecified atom stereocenters. The Hall–Kier alpha value is -4.36. The third kappa shape index (κ3) is 7.53. The molecular formula is C39H27IrN3S3. The smallest absolute Gasteiger partial charge is 0.124 e. The molecule has 3 aromatic heterocycles. The number of benzene rings is 6. The minimum atomic E-state index is 0. The Morgan fingerprint density at radius 1 is 0.283 bits per heavy atom. The van der Waals surface area contributed by atoms with E-state index in [4.69, 9.17) is 0 Å². The molecule has 0 atom stereocenters. The molecule has 0 N–H and O–H groups in total. The molecule has 0 saturated heterocycles. The number of hydrogen-bond donors (Lipinski definition) is 0. The third-order valence-electron chi connectivity index (χ3n) is 6.94. The molecule has 0 amide bonds. The zero-order valence-corrected chi connectivity index (χ0v) is 29.3. The average molecular weight is 826 g/mol. The van der Waals surface area contributed by atoms with Gasteiger partial charge in [-0.25, -0.2) is 15.0 Å². The maximum Gasteiger partial charge on any atom is 0.124 e. The van der Waals surface area contributed by atoms with Gasteiger partial charge in [-0.3, -0.25) is 0 Å². The number of fused-ring (bicyclic) bond motifs is 3. The molecule has 0 aliphatic heterocycles. The zero-order chi connectivity index (χ0) is 30.3. The predicted octanol–water partition coefficient (Wildman–Crippen LogP) is 11.9. The van der Waals surface area contributed by atoms with Gasteiger partial charge in [0.05, 0.1) is 30.6 Å². The number of rotatable bonds is 3. The van der Waals surface area contributed by atoms with Crippen LogP contribution in [0.5, 0.6) is 0 Å². The summed E-state index contributed by atoms with van der Waals surface area (Å²) in [5.41, 5.74) is 6.83. The number of hydrogen-bond acceptors (Lipinski definition) is 6. The monoisotopic (exact) mass is 826 g/mol. The second kappa shape index (κ2) is 15.3. The summed E-state index contributed by atoms with van der Waals surface area (Å²) in [6.07, 6.45) is 0. The molecule has 3 heterocycles. The van der Waals surface area contributed by atoms with Crippen molar-refractivity contribution in [2.45, 2.75) is 0 Å². The van der Waals surface area contributed by atoms with Crippen LogP contribution in [0, 0.1) is 0 Å². The summed E-state index contributed by atoms with van der Waals surface area (Å²) in [6.45, 7) is 0. The van der Waals surface area contributed by atoms with Gasteiger partial charge in [0.25, 0.3) is 0 Å². The fraction of sp³-hybridized carbons (Fsp3) is 0. The van der Waals surface area contributed by atoms with Gasteiger partial charge in [0, 0.05) is 36.8 Å². The maximum atomic E-state index is 4.60. The summed E-state index contributed by atoms with van der Waals surface area (Å²) in [6, 6.07) is 55.6. The topological polar surface area (TPSA) is 38.7 Å². The van der Waals surface area contributed by atoms with Gasteiger partial charge in [0.15, 0.2) is 0 Å². The Balaban J connectivity index is 0.000000120. The molecule has 46 heavy (non-hydrogen) atoms. The van der Waals surface area contributed by atoms with Gasteiger partial charge in [0.1, 0.15) is 15.0 Å². The van der Waals surface area contributed by atoms with Gasteiger partial charge in [-0.2, -0.15) is 0 Å². The summed E-state index contributed by atoms with van der Waals surface area (Å²) in [7, 11) is 0. The van der Waals surface area contributed by atoms with Crippen molar-refractivity contribution in [1.82, 2.24) is 15.0 Å². The minimum absolute atomic E-state index is 0. The SMILES string of the molecule is [Ir].c1ccc(-c2nc3ccccc3s2)cc1.c1ccc(-c2nc3ccccc3s2)cc1.c1ccc(-c2nc3ccccc3s2)cc1. The van der Waals surface area contributed by atoms with Crippen molar-refractivity contribution in [2.75, 3.05) is 0 Å². The predicted molar refractivity (Wildman–Crippen MR) is 195 cm³/mol. The fourth-order valence-electron chi connectivity index (χ4n) is 4.73. The molecule has 7 heteroatoms. The summed E-state index contributed by atoms with van der Waals surface area (Å²) >= 11 is 5.22. The van der Waals surface area contributed by atoms with Gasteiger partial charge in [-0.1, -0.05) is 127 Å². The van der Waals surface area contributed by atoms with Crippen LogP contribution in [0.15, 0.2) is 164 Å². The van der Waals surface area contributed by atoms with Crippen LogP contribution in [0.25, 0.3) is 62.4 Å². The molecule has 225 valence electrons. The van der Waals surface area contributed by atoms with E-state index >= 15 is 0 Å². The van der Waals surface area contributed by atoms with Gasteiger partial charge in [-0.15, -0.1) is 34.0 Å². The van der Waals surface area contributed by atoms with Crippen molar-refractivity contribution in [2.24, 2.45) is 0 Å². The first-order valence-corrected chi connectivity index (χ1v) is 17.0. The van der Waals surface area contributed by atoms with Gasteiger partial charge < -0.3 is 0 Å². The van der Waals surface area contributed by atoms with Crippen molar-refractivity contribution in [3.8, 4) is 31.7 Å². The van der Waals surface area contributed by atoms with Crippen LogP contribution >= 0.6 is 34.0 Å². The summed E-state index contributed by atoms with van der Waals surface area (Å²) in [5.74, 6) is 0. The molecule has 0 saturated carbocycles. The van der Waals surface area contributed by atoms with E-state index < -0.39 is 0 Å². The average Bonchev–Trinajstić information content (AvgIpc) is 3.87. The standard InChI is InChI=1S/3C13H9NS.Ir/c3*1-2-6-10(7-3-1)13-14-11-8-4-5-9-12(11)15-13;/h3*1-9H;. The molecule has 0 bridgehead atoms. The molecule has 3 nitrogen and oxygen atoms in total. The summed E-state index contributed by atoms with van der Waals surface area (Å²) < 4.78 is 3.74. The normalized spacial score (nSPS) is 10.4. The molecule has 0 spiro atoms. The Bertz CT molecular complexity index is 1920. The quantitative estimate of drug-likeness (QED) is 0.178. The van der Waals surface area contributed by atoms with Crippen LogP contribution in [-0.4, -0.2) is 15.0 Å². The molecule has 0 aliphatic carbocycles. The van der Waals surface area contributed by atoms with Crippen LogP contribution in [0.4, 0.5) is 0 Å². The van der Waals surface area contributed by atoms with Crippen LogP contribution in [-0.2, 0) is 20.1 Å². The first kappa shape index (κ1) is 31.6. The zero-order valence-electron chi connectivity index (χ0n) is 24.5. The summed E-state index contributed by atoms with van der Waals surface area (Å²) in [5, 5.41) is 3.28. The second-order valence-electron chi connectivity index (χ2n) is 10.1. The van der Waals surface area contributed by atoms with E-state index in [-0.39, 0.29) is 20.1 Å². The van der Waals surface area contributed by atoms with E-state index in [0.717, 1.165) is 31.6 Å². The first-order valence-electron chi connectivity index (χ1n) is 14.5. The van der Waals surface area contributed by atoms with Gasteiger partial charge in [0.2, 0.25) is 0 Å². The second-order valence-corrected chi connectivity index (χ2v) is 13.2. The van der Waals surface area contributed by atoms with E-state index in [1.54, 1.807) is 34.0 Å². The molecular weight excluding hydrogens is 799 g/mol. The molecule has 0 aliphatic rings. The number of para-hydroxylation sites is 3. The minimum Gasteiger partial charge on any atom is -0.236 e. The molecule has 9 aromatic rings. The van der Waals surface area contributed by atoms with Crippen LogP contribution in [0.3, 0.4) is 0 Å². The van der Waals surface area contributed by atoms with E-state index in [9.17, 15) is 0 Å². The Kier molecular flexibility index (Phi) is 10.5. The Labute approximate surface area is 293 Å². The summed E-state index contributed by atoms with van der Waals surface area (Å²) in [4.78, 5) is 13.8. The fourth-order valence-corrected chi connectivity index (χ4v) is 7.64. The maximum absolute atomic E-state index is 4.60. The van der Waals surface area contributed by atoms with Crippen LogP contribution in [0.2, 0.25) is 0 Å². The van der Waals surface area contributed by atoms with E-state index in [2.05, 4.69) is 106 Å². The Morgan fingerprint density at radius 2 is 0.522 bits per heavy atom. The number of thiazole rings is 3. The van der Waals surface area contributed by atoms with Crippen molar-refractivity contribution >= 4 is 64.7 Å². The molecule has 9 rings (SSSR count). The first-order chi connectivity index (χ1) is 22.3. The Morgan fingerprint density at radius 3 is 0.783 bits per heavy atom. The van der Waals surface area contributed by atoms with Gasteiger partial charge in [-0.05, 0) is 36.4 Å². The van der Waals surface area contributed by atoms with E-state index in [0.29, 0.717) is 0 Å². The van der Waals surface area contributed by atoms with Crippen molar-refractivity contribution < 1.29 is 20.1 Å². The van der Waals surface area contributed by atoms with Crippen molar-refractivity contribution in [3.63, 3.8) is 0 Å². The molecule has 6 aromatic carbocycles. The largest absolute Gasteiger partial charge is 0.236 e. The number of aromatic nitrogens is 3.